The van der Waals surface area contributed by atoms with E-state index in [-0.39, 0.29) is 0 Å². The van der Waals surface area contributed by atoms with Crippen LogP contribution in [0.15, 0.2) is 78.9 Å². The average molecular weight is 475 g/mol. The summed E-state index contributed by atoms with van der Waals surface area (Å²) in [6.45, 7) is 0.594. The highest BCUT2D eigenvalue weighted by atomic mass is 35.5. The van der Waals surface area contributed by atoms with Gasteiger partial charge in [-0.25, -0.2) is 0 Å². The summed E-state index contributed by atoms with van der Waals surface area (Å²) in [5, 5.41) is 2.96. The van der Waals surface area contributed by atoms with Crippen molar-refractivity contribution in [1.82, 2.24) is 4.57 Å². The number of ether oxygens (including phenoxy) is 1. The topological polar surface area (TPSA) is 57.2 Å². The van der Waals surface area contributed by atoms with Crippen LogP contribution in [0.1, 0.15) is 15.9 Å². The van der Waals surface area contributed by atoms with Gasteiger partial charge in [-0.1, -0.05) is 59.6 Å². The zero-order valence-electron chi connectivity index (χ0n) is 17.8. The van der Waals surface area contributed by atoms with Crippen molar-refractivity contribution >= 4 is 50.9 Å². The monoisotopic (exact) mass is 474 g/mol. The third kappa shape index (κ3) is 3.82. The van der Waals surface area contributed by atoms with E-state index in [1.165, 1.54) is 0 Å². The van der Waals surface area contributed by atoms with Crippen molar-refractivity contribution in [3.05, 3.63) is 100 Å². The van der Waals surface area contributed by atoms with E-state index in [0.717, 1.165) is 44.2 Å². The number of aromatic nitrogens is 1. The Hall–Kier alpha value is -3.47. The maximum Gasteiger partial charge on any atom is 0.249 e. The molecule has 0 unspecified atom stereocenters. The maximum absolute atomic E-state index is 12.2. The normalized spacial score (nSPS) is 11.2. The van der Waals surface area contributed by atoms with Gasteiger partial charge in [-0.15, -0.1) is 0 Å². The van der Waals surface area contributed by atoms with Gasteiger partial charge in [0.25, 0.3) is 0 Å². The van der Waals surface area contributed by atoms with Crippen LogP contribution in [0, 0.1) is 0 Å². The number of nitrogens with zero attached hydrogens (tertiary/aromatic N) is 1. The SMILES string of the molecule is COc1cccc(Cn2c3cc(-c4ccc(Cl)cc4Cl)ccc3c3c(C(N)=O)cccc32)c1. The van der Waals surface area contributed by atoms with Crippen LogP contribution >= 0.6 is 23.2 Å². The summed E-state index contributed by atoms with van der Waals surface area (Å²) < 4.78 is 7.60. The van der Waals surface area contributed by atoms with Crippen LogP contribution in [-0.2, 0) is 6.54 Å². The Morgan fingerprint density at radius 2 is 1.76 bits per heavy atom. The minimum absolute atomic E-state index is 0.453. The Bertz CT molecular complexity index is 1540. The van der Waals surface area contributed by atoms with E-state index in [4.69, 9.17) is 33.7 Å². The van der Waals surface area contributed by atoms with Crippen LogP contribution in [0.5, 0.6) is 5.75 Å². The highest BCUT2D eigenvalue weighted by Gasteiger charge is 2.18. The number of rotatable bonds is 5. The first-order chi connectivity index (χ1) is 16.0. The van der Waals surface area contributed by atoms with Crippen LogP contribution in [0.25, 0.3) is 32.9 Å². The molecular weight excluding hydrogens is 455 g/mol. The predicted molar refractivity (Wildman–Crippen MR) is 136 cm³/mol. The van der Waals surface area contributed by atoms with E-state index in [2.05, 4.69) is 16.7 Å². The Kier molecular flexibility index (Phi) is 5.49. The van der Waals surface area contributed by atoms with Crippen molar-refractivity contribution in [3.8, 4) is 16.9 Å². The van der Waals surface area contributed by atoms with Gasteiger partial charge in [0.1, 0.15) is 5.75 Å². The van der Waals surface area contributed by atoms with Crippen LogP contribution < -0.4 is 10.5 Å². The Labute approximate surface area is 201 Å². The molecule has 0 radical (unpaired) electrons. The van der Waals surface area contributed by atoms with Gasteiger partial charge in [0.15, 0.2) is 0 Å². The number of nitrogens with two attached hydrogens (primary N) is 1. The Balaban J connectivity index is 1.79. The quantitative estimate of drug-likeness (QED) is 0.300. The molecule has 0 aliphatic carbocycles. The van der Waals surface area contributed by atoms with Gasteiger partial charge in [-0.05, 0) is 53.6 Å². The van der Waals surface area contributed by atoms with Crippen LogP contribution in [0.3, 0.4) is 0 Å². The number of carbonyl (C=O) groups excluding carboxylic acids is 1. The summed E-state index contributed by atoms with van der Waals surface area (Å²) in [5.41, 5.74) is 11.1. The van der Waals surface area contributed by atoms with E-state index in [1.807, 2.05) is 54.6 Å². The molecular formula is C27H20Cl2N2O2. The Morgan fingerprint density at radius 1 is 0.939 bits per heavy atom. The van der Waals surface area contributed by atoms with Gasteiger partial charge in [0, 0.05) is 38.5 Å². The first kappa shape index (κ1) is 21.4. The lowest BCUT2D eigenvalue weighted by atomic mass is 10.0. The number of hydrogen-bond acceptors (Lipinski definition) is 2. The van der Waals surface area contributed by atoms with Gasteiger partial charge >= 0.3 is 0 Å². The van der Waals surface area contributed by atoms with Crippen molar-refractivity contribution in [2.45, 2.75) is 6.54 Å². The van der Waals surface area contributed by atoms with Crippen molar-refractivity contribution in [1.29, 1.82) is 0 Å². The smallest absolute Gasteiger partial charge is 0.249 e. The lowest BCUT2D eigenvalue weighted by molar-refractivity contribution is 0.100. The van der Waals surface area contributed by atoms with Crippen molar-refractivity contribution in [2.24, 2.45) is 5.73 Å². The third-order valence-electron chi connectivity index (χ3n) is 5.87. The molecule has 0 aliphatic rings. The molecule has 0 saturated heterocycles. The molecule has 1 aromatic heterocycles. The van der Waals surface area contributed by atoms with Crippen LogP contribution in [-0.4, -0.2) is 17.6 Å². The molecule has 0 bridgehead atoms. The van der Waals surface area contributed by atoms with Crippen LogP contribution in [0.2, 0.25) is 10.0 Å². The first-order valence-corrected chi connectivity index (χ1v) is 11.1. The molecule has 4 nitrogen and oxygen atoms in total. The molecule has 164 valence electrons. The lowest BCUT2D eigenvalue weighted by Gasteiger charge is -2.11. The minimum Gasteiger partial charge on any atom is -0.497 e. The first-order valence-electron chi connectivity index (χ1n) is 10.4. The van der Waals surface area contributed by atoms with E-state index < -0.39 is 5.91 Å². The van der Waals surface area contributed by atoms with E-state index in [1.54, 1.807) is 19.2 Å². The van der Waals surface area contributed by atoms with Gasteiger partial charge in [-0.2, -0.15) is 0 Å². The fraction of sp³-hybridized carbons (Fsp3) is 0.0741. The molecule has 2 N–H and O–H groups in total. The zero-order chi connectivity index (χ0) is 23.1. The van der Waals surface area contributed by atoms with Gasteiger partial charge in [0.2, 0.25) is 5.91 Å². The number of amides is 1. The molecule has 1 amide bonds. The second-order valence-corrected chi connectivity index (χ2v) is 8.70. The second-order valence-electron chi connectivity index (χ2n) is 7.86. The number of halogens is 2. The molecule has 6 heteroatoms. The minimum atomic E-state index is -0.453. The summed E-state index contributed by atoms with van der Waals surface area (Å²) >= 11 is 12.6. The lowest BCUT2D eigenvalue weighted by Crippen LogP contribution is -2.11. The van der Waals surface area contributed by atoms with Gasteiger partial charge < -0.3 is 15.0 Å². The molecule has 0 spiro atoms. The van der Waals surface area contributed by atoms with Gasteiger partial charge in [0.05, 0.1) is 18.1 Å². The number of fused-ring (bicyclic) bond motifs is 3. The Morgan fingerprint density at radius 3 is 2.52 bits per heavy atom. The second kappa shape index (κ2) is 8.47. The zero-order valence-corrected chi connectivity index (χ0v) is 19.3. The summed E-state index contributed by atoms with van der Waals surface area (Å²) in [5.74, 6) is 0.338. The third-order valence-corrected chi connectivity index (χ3v) is 6.42. The fourth-order valence-corrected chi connectivity index (χ4v) is 4.88. The molecule has 1 heterocycles. The highest BCUT2D eigenvalue weighted by molar-refractivity contribution is 6.36. The number of carbonyl (C=O) groups is 1. The van der Waals surface area contributed by atoms with Crippen molar-refractivity contribution in [3.63, 3.8) is 0 Å². The standard InChI is InChI=1S/C27H20Cl2N2O2/c1-33-19-5-2-4-16(12-19)15-31-24-7-3-6-22(27(30)32)26(24)21-10-8-17(13-25(21)31)20-11-9-18(28)14-23(20)29/h2-14H,15H2,1H3,(H2,30,32). The largest absolute Gasteiger partial charge is 0.497 e. The summed E-state index contributed by atoms with van der Waals surface area (Å²) in [7, 11) is 1.65. The molecule has 33 heavy (non-hydrogen) atoms. The van der Waals surface area contributed by atoms with E-state index in [9.17, 15) is 4.79 Å². The van der Waals surface area contributed by atoms with Crippen molar-refractivity contribution in [2.75, 3.05) is 7.11 Å². The summed E-state index contributed by atoms with van der Waals surface area (Å²) in [6, 6.07) is 25.2. The molecule has 0 atom stereocenters. The number of benzene rings is 4. The van der Waals surface area contributed by atoms with Crippen molar-refractivity contribution < 1.29 is 9.53 Å². The molecule has 5 rings (SSSR count). The van der Waals surface area contributed by atoms with Crippen LogP contribution in [0.4, 0.5) is 0 Å². The molecule has 5 aromatic rings. The highest BCUT2D eigenvalue weighted by Crippen LogP contribution is 2.37. The van der Waals surface area contributed by atoms with E-state index >= 15 is 0 Å². The number of hydrogen-bond donors (Lipinski definition) is 1. The molecule has 0 aliphatic heterocycles. The number of primary amides is 1. The molecule has 0 fully saturated rings. The molecule has 4 aromatic carbocycles. The van der Waals surface area contributed by atoms with Gasteiger partial charge in [-0.3, -0.25) is 4.79 Å². The summed E-state index contributed by atoms with van der Waals surface area (Å²) in [4.78, 5) is 12.2. The fourth-order valence-electron chi connectivity index (χ4n) is 4.36. The maximum atomic E-state index is 12.2. The van der Waals surface area contributed by atoms with E-state index in [0.29, 0.717) is 22.2 Å². The predicted octanol–water partition coefficient (Wildman–Crippen LogP) is 6.92. The summed E-state index contributed by atoms with van der Waals surface area (Å²) in [6.07, 6.45) is 0. The molecule has 0 saturated carbocycles. The average Bonchev–Trinajstić information content (AvgIpc) is 3.12. The number of methoxy groups -OCH3 is 1.